The third-order valence-corrected chi connectivity index (χ3v) is 3.89. The SMILES string of the molecule is CCC/C(=C\C(=C(/N)Cl)C(C)C)CC(C)c1ccncc1. The summed E-state index contributed by atoms with van der Waals surface area (Å²) in [7, 11) is 0. The molecule has 1 rings (SSSR count). The first kappa shape index (κ1) is 17.8. The summed E-state index contributed by atoms with van der Waals surface area (Å²) in [6, 6.07) is 4.17. The first-order chi connectivity index (χ1) is 9.95. The number of hydrogen-bond acceptors (Lipinski definition) is 2. The second kappa shape index (κ2) is 8.89. The van der Waals surface area contributed by atoms with Gasteiger partial charge in [-0.25, -0.2) is 0 Å². The minimum absolute atomic E-state index is 0.339. The van der Waals surface area contributed by atoms with E-state index in [0.29, 0.717) is 17.0 Å². The van der Waals surface area contributed by atoms with E-state index in [4.69, 9.17) is 17.3 Å². The van der Waals surface area contributed by atoms with Gasteiger partial charge in [-0.15, -0.1) is 0 Å². The van der Waals surface area contributed by atoms with Crippen LogP contribution in [0.2, 0.25) is 0 Å². The number of aromatic nitrogens is 1. The number of allylic oxidation sites excluding steroid dienone is 3. The van der Waals surface area contributed by atoms with Crippen LogP contribution in [0.3, 0.4) is 0 Å². The summed E-state index contributed by atoms with van der Waals surface area (Å²) in [5, 5.41) is 0.412. The quantitative estimate of drug-likeness (QED) is 0.543. The summed E-state index contributed by atoms with van der Waals surface area (Å²) in [6.45, 7) is 8.70. The van der Waals surface area contributed by atoms with Crippen molar-refractivity contribution in [2.75, 3.05) is 0 Å². The molecule has 0 bridgehead atoms. The lowest BCUT2D eigenvalue weighted by molar-refractivity contribution is 0.703. The van der Waals surface area contributed by atoms with E-state index in [2.05, 4.69) is 50.9 Å². The summed E-state index contributed by atoms with van der Waals surface area (Å²) in [5.74, 6) is 0.807. The second-order valence-corrected chi connectivity index (χ2v) is 6.30. The Balaban J connectivity index is 2.94. The molecule has 0 aliphatic heterocycles. The second-order valence-electron chi connectivity index (χ2n) is 5.90. The number of pyridine rings is 1. The van der Waals surface area contributed by atoms with Crippen LogP contribution in [0.5, 0.6) is 0 Å². The highest BCUT2D eigenvalue weighted by Gasteiger charge is 2.11. The zero-order chi connectivity index (χ0) is 15.8. The molecule has 0 amide bonds. The first-order valence-corrected chi connectivity index (χ1v) is 8.08. The van der Waals surface area contributed by atoms with Gasteiger partial charge in [0.05, 0.1) is 0 Å². The first-order valence-electron chi connectivity index (χ1n) is 7.70. The van der Waals surface area contributed by atoms with Crippen molar-refractivity contribution >= 4 is 11.6 Å². The molecule has 0 aromatic carbocycles. The predicted molar refractivity (Wildman–Crippen MR) is 92.2 cm³/mol. The Hall–Kier alpha value is -1.28. The molecule has 2 N–H and O–H groups in total. The summed E-state index contributed by atoms with van der Waals surface area (Å²) in [5.41, 5.74) is 9.59. The minimum Gasteiger partial charge on any atom is -0.389 e. The van der Waals surface area contributed by atoms with Crippen molar-refractivity contribution in [3.8, 4) is 0 Å². The van der Waals surface area contributed by atoms with Gasteiger partial charge < -0.3 is 5.73 Å². The minimum atomic E-state index is 0.339. The van der Waals surface area contributed by atoms with Gasteiger partial charge in [-0.2, -0.15) is 0 Å². The van der Waals surface area contributed by atoms with Crippen LogP contribution in [0.15, 0.2) is 46.9 Å². The summed E-state index contributed by atoms with van der Waals surface area (Å²) in [6.07, 6.45) is 9.14. The van der Waals surface area contributed by atoms with Crippen molar-refractivity contribution in [2.24, 2.45) is 11.7 Å². The number of halogens is 1. The van der Waals surface area contributed by atoms with E-state index in [1.54, 1.807) is 0 Å². The molecule has 0 spiro atoms. The lowest BCUT2D eigenvalue weighted by Crippen LogP contribution is -2.03. The summed E-state index contributed by atoms with van der Waals surface area (Å²) in [4.78, 5) is 4.08. The molecule has 0 aliphatic rings. The van der Waals surface area contributed by atoms with E-state index in [0.717, 1.165) is 24.8 Å². The van der Waals surface area contributed by atoms with Gasteiger partial charge in [-0.05, 0) is 47.9 Å². The highest BCUT2D eigenvalue weighted by molar-refractivity contribution is 6.29. The fourth-order valence-electron chi connectivity index (χ4n) is 2.49. The van der Waals surface area contributed by atoms with Crippen molar-refractivity contribution in [1.82, 2.24) is 4.98 Å². The van der Waals surface area contributed by atoms with Gasteiger partial charge in [0.2, 0.25) is 0 Å². The fraction of sp³-hybridized carbons (Fsp3) is 0.500. The standard InChI is InChI=1S/C18H27ClN2/c1-5-6-15(12-17(13(2)3)18(19)20)11-14(4)16-7-9-21-10-8-16/h7-10,12-14H,5-6,11,20H2,1-4H3/b15-12+,18-17+. The molecule has 0 fully saturated rings. The Morgan fingerprint density at radius 2 is 1.90 bits per heavy atom. The van der Waals surface area contributed by atoms with Gasteiger partial charge in [0.15, 0.2) is 0 Å². The maximum Gasteiger partial charge on any atom is 0.103 e. The monoisotopic (exact) mass is 306 g/mol. The Labute approximate surface area is 134 Å². The van der Waals surface area contributed by atoms with E-state index in [-0.39, 0.29) is 0 Å². The van der Waals surface area contributed by atoms with Crippen molar-refractivity contribution in [3.63, 3.8) is 0 Å². The zero-order valence-corrected chi connectivity index (χ0v) is 14.3. The predicted octanol–water partition coefficient (Wildman–Crippen LogP) is 5.37. The van der Waals surface area contributed by atoms with Crippen molar-refractivity contribution in [2.45, 2.75) is 52.9 Å². The van der Waals surface area contributed by atoms with E-state index in [1.807, 2.05) is 12.4 Å². The molecule has 21 heavy (non-hydrogen) atoms. The molecule has 0 aliphatic carbocycles. The maximum atomic E-state index is 6.04. The van der Waals surface area contributed by atoms with Crippen molar-refractivity contribution < 1.29 is 0 Å². The van der Waals surface area contributed by atoms with Crippen LogP contribution in [-0.4, -0.2) is 4.98 Å². The van der Waals surface area contributed by atoms with Gasteiger partial charge in [0.1, 0.15) is 5.16 Å². The van der Waals surface area contributed by atoms with Crippen LogP contribution >= 0.6 is 11.6 Å². The van der Waals surface area contributed by atoms with Crippen LogP contribution in [0, 0.1) is 5.92 Å². The molecule has 1 aromatic heterocycles. The van der Waals surface area contributed by atoms with Gasteiger partial charge in [-0.3, -0.25) is 4.98 Å². The smallest absolute Gasteiger partial charge is 0.103 e. The fourth-order valence-corrected chi connectivity index (χ4v) is 2.76. The molecule has 1 atom stereocenters. The van der Waals surface area contributed by atoms with Crippen molar-refractivity contribution in [1.29, 1.82) is 0 Å². The number of rotatable bonds is 7. The molecule has 0 saturated heterocycles. The van der Waals surface area contributed by atoms with E-state index in [1.165, 1.54) is 11.1 Å². The largest absolute Gasteiger partial charge is 0.389 e. The molecule has 116 valence electrons. The Morgan fingerprint density at radius 1 is 1.29 bits per heavy atom. The summed E-state index contributed by atoms with van der Waals surface area (Å²) < 4.78 is 0. The Bertz CT molecular complexity index is 485. The van der Waals surface area contributed by atoms with E-state index in [9.17, 15) is 0 Å². The van der Waals surface area contributed by atoms with Gasteiger partial charge in [0, 0.05) is 12.4 Å². The zero-order valence-electron chi connectivity index (χ0n) is 13.6. The van der Waals surface area contributed by atoms with Crippen LogP contribution in [0.25, 0.3) is 0 Å². The lowest BCUT2D eigenvalue weighted by Gasteiger charge is -2.16. The molecule has 0 radical (unpaired) electrons. The van der Waals surface area contributed by atoms with Crippen LogP contribution < -0.4 is 5.73 Å². The third kappa shape index (κ3) is 5.92. The third-order valence-electron chi connectivity index (χ3n) is 3.67. The van der Waals surface area contributed by atoms with Gasteiger partial charge in [0.25, 0.3) is 0 Å². The van der Waals surface area contributed by atoms with Crippen LogP contribution in [-0.2, 0) is 0 Å². The van der Waals surface area contributed by atoms with E-state index >= 15 is 0 Å². The van der Waals surface area contributed by atoms with Crippen LogP contribution in [0.4, 0.5) is 0 Å². The lowest BCUT2D eigenvalue weighted by atomic mass is 9.90. The average molecular weight is 307 g/mol. The molecular formula is C18H27ClN2. The van der Waals surface area contributed by atoms with Gasteiger partial charge >= 0.3 is 0 Å². The maximum absolute atomic E-state index is 6.04. The number of nitrogens with two attached hydrogens (primary N) is 1. The highest BCUT2D eigenvalue weighted by Crippen LogP contribution is 2.28. The topological polar surface area (TPSA) is 38.9 Å². The number of nitrogens with zero attached hydrogens (tertiary/aromatic N) is 1. The average Bonchev–Trinajstić information content (AvgIpc) is 2.44. The molecule has 1 unspecified atom stereocenters. The molecule has 1 aromatic rings. The molecule has 1 heterocycles. The summed E-state index contributed by atoms with van der Waals surface area (Å²) >= 11 is 6.04. The van der Waals surface area contributed by atoms with Gasteiger partial charge in [-0.1, -0.05) is 57.4 Å². The van der Waals surface area contributed by atoms with Crippen LogP contribution in [0.1, 0.15) is 58.4 Å². The highest BCUT2D eigenvalue weighted by atomic mass is 35.5. The van der Waals surface area contributed by atoms with Crippen molar-refractivity contribution in [3.05, 3.63) is 52.5 Å². The number of hydrogen-bond donors (Lipinski definition) is 1. The Kier molecular flexibility index (Phi) is 7.52. The normalized spacial score (nSPS) is 15.0. The molecule has 2 nitrogen and oxygen atoms in total. The molecular weight excluding hydrogens is 280 g/mol. The Morgan fingerprint density at radius 3 is 2.38 bits per heavy atom. The van der Waals surface area contributed by atoms with E-state index < -0.39 is 0 Å². The molecule has 3 heteroatoms. The molecule has 0 saturated carbocycles.